The van der Waals surface area contributed by atoms with Crippen molar-refractivity contribution in [2.75, 3.05) is 0 Å². The summed E-state index contributed by atoms with van der Waals surface area (Å²) in [4.78, 5) is 0. The van der Waals surface area contributed by atoms with E-state index in [4.69, 9.17) is 0 Å². The van der Waals surface area contributed by atoms with E-state index in [0.29, 0.717) is 5.56 Å². The van der Waals surface area contributed by atoms with Gasteiger partial charge in [0.05, 0.1) is 0 Å². The van der Waals surface area contributed by atoms with Crippen LogP contribution in [-0.2, 0) is 6.42 Å². The van der Waals surface area contributed by atoms with Gasteiger partial charge in [0.25, 0.3) is 0 Å². The van der Waals surface area contributed by atoms with Crippen LogP contribution in [0.15, 0.2) is 42.5 Å². The van der Waals surface area contributed by atoms with Crippen LogP contribution in [0, 0.1) is 17.5 Å². The van der Waals surface area contributed by atoms with Gasteiger partial charge in [-0.25, -0.2) is 13.2 Å². The number of fused-ring (bicyclic) bond motifs is 1. The van der Waals surface area contributed by atoms with Gasteiger partial charge >= 0.3 is 0 Å². The van der Waals surface area contributed by atoms with Crippen molar-refractivity contribution in [1.82, 2.24) is 0 Å². The van der Waals surface area contributed by atoms with E-state index < -0.39 is 17.5 Å². The van der Waals surface area contributed by atoms with Crippen molar-refractivity contribution in [2.24, 2.45) is 0 Å². The Balaban J connectivity index is 2.13. The second kappa shape index (κ2) is 4.02. The van der Waals surface area contributed by atoms with Gasteiger partial charge in [0.15, 0.2) is 17.5 Å². The van der Waals surface area contributed by atoms with E-state index in [2.05, 4.69) is 0 Å². The minimum absolute atomic E-state index is 0.372. The van der Waals surface area contributed by atoms with E-state index in [1.807, 2.05) is 30.3 Å². The molecule has 0 aliphatic heterocycles. The fraction of sp³-hybridized carbons (Fsp3) is 0.0667. The maximum atomic E-state index is 13.2. The van der Waals surface area contributed by atoms with Gasteiger partial charge in [-0.1, -0.05) is 30.3 Å². The first-order chi connectivity index (χ1) is 8.66. The van der Waals surface area contributed by atoms with Crippen molar-refractivity contribution in [1.29, 1.82) is 0 Å². The molecule has 0 heterocycles. The topological polar surface area (TPSA) is 0 Å². The molecule has 2 aromatic rings. The lowest BCUT2D eigenvalue weighted by Crippen LogP contribution is -1.95. The molecule has 3 rings (SSSR count). The SMILES string of the molecule is Fc1cc(C2=CCc3ccccc32)cc(F)c1F. The lowest BCUT2D eigenvalue weighted by atomic mass is 9.99. The first-order valence-electron chi connectivity index (χ1n) is 5.60. The molecule has 90 valence electrons. The molecule has 0 unspecified atom stereocenters. The molecule has 1 aliphatic carbocycles. The van der Waals surface area contributed by atoms with Crippen LogP contribution in [0.3, 0.4) is 0 Å². The van der Waals surface area contributed by atoms with Crippen LogP contribution in [0.4, 0.5) is 13.2 Å². The van der Waals surface area contributed by atoms with E-state index in [0.717, 1.165) is 35.3 Å². The smallest absolute Gasteiger partial charge is 0.194 e. The Morgan fingerprint density at radius 1 is 0.889 bits per heavy atom. The quantitative estimate of drug-likeness (QED) is 0.665. The lowest BCUT2D eigenvalue weighted by Gasteiger charge is -2.07. The highest BCUT2D eigenvalue weighted by atomic mass is 19.2. The maximum Gasteiger partial charge on any atom is 0.194 e. The maximum absolute atomic E-state index is 13.2. The zero-order valence-electron chi connectivity index (χ0n) is 9.38. The van der Waals surface area contributed by atoms with Crippen LogP contribution in [0.25, 0.3) is 5.57 Å². The Kier molecular flexibility index (Phi) is 2.47. The second-order valence-electron chi connectivity index (χ2n) is 4.23. The monoisotopic (exact) mass is 246 g/mol. The van der Waals surface area contributed by atoms with Gasteiger partial charge in [0.2, 0.25) is 0 Å². The summed E-state index contributed by atoms with van der Waals surface area (Å²) in [7, 11) is 0. The molecule has 0 saturated carbocycles. The fourth-order valence-corrected chi connectivity index (χ4v) is 2.27. The number of benzene rings is 2. The normalized spacial score (nSPS) is 13.4. The van der Waals surface area contributed by atoms with Crippen LogP contribution >= 0.6 is 0 Å². The number of halogens is 3. The largest absolute Gasteiger partial charge is 0.204 e. The van der Waals surface area contributed by atoms with Gasteiger partial charge in [-0.2, -0.15) is 0 Å². The van der Waals surface area contributed by atoms with Crippen molar-refractivity contribution >= 4 is 5.57 Å². The molecule has 1 aliphatic rings. The van der Waals surface area contributed by atoms with E-state index in [-0.39, 0.29) is 0 Å². The van der Waals surface area contributed by atoms with Gasteiger partial charge in [0.1, 0.15) is 0 Å². The molecular formula is C15H9F3. The predicted octanol–water partition coefficient (Wildman–Crippen LogP) is 4.09. The molecule has 0 spiro atoms. The molecule has 0 aromatic heterocycles. The van der Waals surface area contributed by atoms with Gasteiger partial charge in [-0.05, 0) is 40.8 Å². The summed E-state index contributed by atoms with van der Waals surface area (Å²) in [5, 5.41) is 0. The Bertz CT molecular complexity index is 634. The van der Waals surface area contributed by atoms with E-state index in [9.17, 15) is 13.2 Å². The average Bonchev–Trinajstić information content (AvgIpc) is 2.79. The molecule has 18 heavy (non-hydrogen) atoms. The number of rotatable bonds is 1. The minimum Gasteiger partial charge on any atom is -0.204 e. The summed E-state index contributed by atoms with van der Waals surface area (Å²) in [6.07, 6.45) is 2.63. The number of hydrogen-bond donors (Lipinski definition) is 0. The molecule has 0 bridgehead atoms. The molecule has 3 heteroatoms. The average molecular weight is 246 g/mol. The summed E-state index contributed by atoms with van der Waals surface area (Å²) in [5.74, 6) is -3.74. The zero-order valence-corrected chi connectivity index (χ0v) is 9.38. The van der Waals surface area contributed by atoms with Crippen molar-refractivity contribution in [3.63, 3.8) is 0 Å². The standard InChI is InChI=1S/C15H9F3/c16-13-7-10(8-14(17)15(13)18)12-6-5-9-3-1-2-4-11(9)12/h1-4,6-8H,5H2. The Hall–Kier alpha value is -2.03. The third-order valence-electron chi connectivity index (χ3n) is 3.13. The summed E-state index contributed by atoms with van der Waals surface area (Å²) < 4.78 is 39.4. The molecule has 0 amide bonds. The third-order valence-corrected chi connectivity index (χ3v) is 3.13. The molecule has 0 nitrogen and oxygen atoms in total. The Morgan fingerprint density at radius 3 is 2.28 bits per heavy atom. The summed E-state index contributed by atoms with van der Waals surface area (Å²) >= 11 is 0. The van der Waals surface area contributed by atoms with Crippen molar-refractivity contribution < 1.29 is 13.2 Å². The van der Waals surface area contributed by atoms with E-state index >= 15 is 0 Å². The highest BCUT2D eigenvalue weighted by Crippen LogP contribution is 2.33. The predicted molar refractivity (Wildman–Crippen MR) is 63.5 cm³/mol. The van der Waals surface area contributed by atoms with Gasteiger partial charge in [0, 0.05) is 0 Å². The molecule has 0 fully saturated rings. The van der Waals surface area contributed by atoms with E-state index in [1.165, 1.54) is 0 Å². The minimum atomic E-state index is -1.43. The van der Waals surface area contributed by atoms with Crippen LogP contribution in [-0.4, -0.2) is 0 Å². The fourth-order valence-electron chi connectivity index (χ4n) is 2.27. The van der Waals surface area contributed by atoms with Gasteiger partial charge < -0.3 is 0 Å². The summed E-state index contributed by atoms with van der Waals surface area (Å²) in [6.45, 7) is 0. The number of allylic oxidation sites excluding steroid dienone is 1. The van der Waals surface area contributed by atoms with Crippen molar-refractivity contribution in [3.8, 4) is 0 Å². The summed E-state index contributed by atoms with van der Waals surface area (Å²) in [6, 6.07) is 9.72. The molecule has 2 aromatic carbocycles. The van der Waals surface area contributed by atoms with Crippen molar-refractivity contribution in [2.45, 2.75) is 6.42 Å². The van der Waals surface area contributed by atoms with E-state index in [1.54, 1.807) is 0 Å². The van der Waals surface area contributed by atoms with Crippen molar-refractivity contribution in [3.05, 3.63) is 76.6 Å². The highest BCUT2D eigenvalue weighted by Gasteiger charge is 2.18. The first-order valence-corrected chi connectivity index (χ1v) is 5.60. The molecule has 0 radical (unpaired) electrons. The van der Waals surface area contributed by atoms with Crippen LogP contribution < -0.4 is 0 Å². The van der Waals surface area contributed by atoms with Crippen LogP contribution in [0.2, 0.25) is 0 Å². The van der Waals surface area contributed by atoms with Gasteiger partial charge in [-0.15, -0.1) is 0 Å². The molecule has 0 N–H and O–H groups in total. The zero-order chi connectivity index (χ0) is 12.7. The third kappa shape index (κ3) is 1.63. The highest BCUT2D eigenvalue weighted by molar-refractivity contribution is 5.84. The molecule has 0 atom stereocenters. The second-order valence-corrected chi connectivity index (χ2v) is 4.23. The lowest BCUT2D eigenvalue weighted by molar-refractivity contribution is 0.446. The molecule has 0 saturated heterocycles. The summed E-state index contributed by atoms with van der Waals surface area (Å²) in [5.41, 5.74) is 3.18. The Morgan fingerprint density at radius 2 is 1.56 bits per heavy atom. The number of hydrogen-bond acceptors (Lipinski definition) is 0. The van der Waals surface area contributed by atoms with Crippen LogP contribution in [0.1, 0.15) is 16.7 Å². The Labute approximate surface area is 102 Å². The van der Waals surface area contributed by atoms with Crippen LogP contribution in [0.5, 0.6) is 0 Å². The first kappa shape index (κ1) is 11.1. The molecular weight excluding hydrogens is 237 g/mol. The van der Waals surface area contributed by atoms with Gasteiger partial charge in [-0.3, -0.25) is 0 Å².